The molecule has 1 aromatic heterocycles. The average molecular weight is 285 g/mol. The van der Waals surface area contributed by atoms with Crippen molar-refractivity contribution in [2.75, 3.05) is 11.7 Å². The van der Waals surface area contributed by atoms with Crippen molar-refractivity contribution in [1.29, 1.82) is 0 Å². The van der Waals surface area contributed by atoms with Crippen LogP contribution >= 0.6 is 0 Å². The van der Waals surface area contributed by atoms with Crippen LogP contribution in [-0.4, -0.2) is 22.1 Å². The van der Waals surface area contributed by atoms with Crippen molar-refractivity contribution >= 4 is 11.6 Å². The normalized spacial score (nSPS) is 14.3. The number of nitrogens with zero attached hydrogens (tertiary/aromatic N) is 3. The van der Waals surface area contributed by atoms with Gasteiger partial charge in [0.2, 0.25) is 0 Å². The fourth-order valence-corrected chi connectivity index (χ4v) is 2.57. The summed E-state index contributed by atoms with van der Waals surface area (Å²) in [4.78, 5) is 21.9. The maximum absolute atomic E-state index is 12.0. The molecule has 0 saturated carbocycles. The molecule has 1 aliphatic rings. The van der Waals surface area contributed by atoms with Crippen molar-refractivity contribution < 1.29 is 9.63 Å². The molecule has 1 amide bonds. The number of fused-ring (bicyclic) bond motifs is 1. The van der Waals surface area contributed by atoms with Crippen LogP contribution in [0.25, 0.3) is 0 Å². The number of amides is 1. The molecule has 2 heterocycles. The predicted octanol–water partition coefficient (Wildman–Crippen LogP) is 2.49. The summed E-state index contributed by atoms with van der Waals surface area (Å²) < 4.78 is 2.08. The van der Waals surface area contributed by atoms with Crippen molar-refractivity contribution in [2.24, 2.45) is 0 Å². The lowest BCUT2D eigenvalue weighted by Crippen LogP contribution is -2.35. The zero-order valence-corrected chi connectivity index (χ0v) is 12.2. The Morgan fingerprint density at radius 3 is 2.95 bits per heavy atom. The van der Waals surface area contributed by atoms with E-state index in [2.05, 4.69) is 9.55 Å². The fourth-order valence-electron chi connectivity index (χ4n) is 2.57. The van der Waals surface area contributed by atoms with Crippen LogP contribution in [-0.2, 0) is 22.6 Å². The van der Waals surface area contributed by atoms with Crippen molar-refractivity contribution in [3.8, 4) is 0 Å². The van der Waals surface area contributed by atoms with Gasteiger partial charge in [-0.25, -0.2) is 4.98 Å². The standard InChI is InChI=1S/C16H19N3O2/c1-13-17-9-11-18(13)10-4-12-21-19-15-6-3-2-5-14(15)7-8-16(19)20/h2-3,5-6,9,11H,4,7-8,10,12H2,1H3. The van der Waals surface area contributed by atoms with Crippen molar-refractivity contribution in [1.82, 2.24) is 9.55 Å². The van der Waals surface area contributed by atoms with Gasteiger partial charge in [0.15, 0.2) is 0 Å². The Balaban J connectivity index is 1.58. The maximum atomic E-state index is 12.0. The summed E-state index contributed by atoms with van der Waals surface area (Å²) in [5, 5.41) is 1.46. The van der Waals surface area contributed by atoms with Crippen LogP contribution in [0.2, 0.25) is 0 Å². The van der Waals surface area contributed by atoms with Crippen LogP contribution in [0.3, 0.4) is 0 Å². The average Bonchev–Trinajstić information content (AvgIpc) is 2.91. The minimum atomic E-state index is 0.0347. The van der Waals surface area contributed by atoms with Gasteiger partial charge in [-0.2, -0.15) is 5.06 Å². The first kappa shape index (κ1) is 13.8. The number of aromatic nitrogens is 2. The second-order valence-electron chi connectivity index (χ2n) is 5.17. The molecule has 1 aromatic carbocycles. The SMILES string of the molecule is Cc1nccn1CCCON1C(=O)CCc2ccccc21. The minimum Gasteiger partial charge on any atom is -0.335 e. The predicted molar refractivity (Wildman–Crippen MR) is 79.8 cm³/mol. The Hall–Kier alpha value is -2.14. The Morgan fingerprint density at radius 1 is 1.29 bits per heavy atom. The molecule has 3 rings (SSSR count). The number of imidazole rings is 1. The van der Waals surface area contributed by atoms with E-state index in [-0.39, 0.29) is 5.91 Å². The fraction of sp³-hybridized carbons (Fsp3) is 0.375. The van der Waals surface area contributed by atoms with E-state index in [9.17, 15) is 4.79 Å². The second-order valence-corrected chi connectivity index (χ2v) is 5.17. The number of carbonyl (C=O) groups is 1. The Morgan fingerprint density at radius 2 is 2.14 bits per heavy atom. The van der Waals surface area contributed by atoms with E-state index in [1.807, 2.05) is 37.4 Å². The third-order valence-corrected chi connectivity index (χ3v) is 3.73. The molecule has 0 spiro atoms. The number of hydrogen-bond donors (Lipinski definition) is 0. The lowest BCUT2D eigenvalue weighted by Gasteiger charge is -2.28. The Labute approximate surface area is 124 Å². The highest BCUT2D eigenvalue weighted by atomic mass is 16.7. The van der Waals surface area contributed by atoms with Gasteiger partial charge in [-0.1, -0.05) is 18.2 Å². The smallest absolute Gasteiger partial charge is 0.251 e. The molecular formula is C16H19N3O2. The number of benzene rings is 1. The van der Waals surface area contributed by atoms with Crippen LogP contribution in [0.5, 0.6) is 0 Å². The lowest BCUT2D eigenvalue weighted by molar-refractivity contribution is -0.126. The van der Waals surface area contributed by atoms with E-state index in [1.54, 1.807) is 6.20 Å². The van der Waals surface area contributed by atoms with Crippen molar-refractivity contribution in [3.05, 3.63) is 48.0 Å². The molecule has 21 heavy (non-hydrogen) atoms. The topological polar surface area (TPSA) is 47.4 Å². The number of para-hydroxylation sites is 1. The van der Waals surface area contributed by atoms with Crippen LogP contribution in [0, 0.1) is 6.92 Å². The van der Waals surface area contributed by atoms with Crippen LogP contribution in [0.15, 0.2) is 36.7 Å². The second kappa shape index (κ2) is 6.10. The molecule has 0 aliphatic carbocycles. The van der Waals surface area contributed by atoms with Crippen molar-refractivity contribution in [3.63, 3.8) is 0 Å². The monoisotopic (exact) mass is 285 g/mol. The number of carbonyl (C=O) groups excluding carboxylic acids is 1. The van der Waals surface area contributed by atoms with Gasteiger partial charge in [-0.15, -0.1) is 0 Å². The van der Waals surface area contributed by atoms with E-state index >= 15 is 0 Å². The minimum absolute atomic E-state index is 0.0347. The molecular weight excluding hydrogens is 266 g/mol. The van der Waals surface area contributed by atoms with E-state index in [4.69, 9.17) is 4.84 Å². The molecule has 5 heteroatoms. The molecule has 0 atom stereocenters. The molecule has 0 radical (unpaired) electrons. The third-order valence-electron chi connectivity index (χ3n) is 3.73. The summed E-state index contributed by atoms with van der Waals surface area (Å²) in [6.07, 6.45) is 5.89. The quantitative estimate of drug-likeness (QED) is 0.793. The molecule has 0 unspecified atom stereocenters. The number of aryl methyl sites for hydroxylation is 3. The maximum Gasteiger partial charge on any atom is 0.251 e. The van der Waals surface area contributed by atoms with Gasteiger partial charge in [0.05, 0.1) is 12.3 Å². The van der Waals surface area contributed by atoms with E-state index in [0.29, 0.717) is 13.0 Å². The number of hydroxylamine groups is 1. The molecule has 110 valence electrons. The van der Waals surface area contributed by atoms with Gasteiger partial charge in [-0.05, 0) is 31.4 Å². The molecule has 5 nitrogen and oxygen atoms in total. The van der Waals surface area contributed by atoms with Crippen LogP contribution in [0.4, 0.5) is 5.69 Å². The molecule has 0 fully saturated rings. The highest BCUT2D eigenvalue weighted by Crippen LogP contribution is 2.27. The first-order valence-electron chi connectivity index (χ1n) is 7.27. The number of hydrogen-bond acceptors (Lipinski definition) is 3. The number of anilines is 1. The molecule has 0 bridgehead atoms. The molecule has 0 N–H and O–H groups in total. The number of rotatable bonds is 5. The summed E-state index contributed by atoms with van der Waals surface area (Å²) in [5.41, 5.74) is 2.05. The van der Waals surface area contributed by atoms with E-state index in [0.717, 1.165) is 30.9 Å². The Bertz CT molecular complexity index is 636. The van der Waals surface area contributed by atoms with Gasteiger partial charge in [-0.3, -0.25) is 9.63 Å². The molecule has 0 saturated heterocycles. The van der Waals surface area contributed by atoms with E-state index < -0.39 is 0 Å². The van der Waals surface area contributed by atoms with E-state index in [1.165, 1.54) is 10.6 Å². The zero-order valence-electron chi connectivity index (χ0n) is 12.2. The van der Waals surface area contributed by atoms with Gasteiger partial charge < -0.3 is 4.57 Å². The summed E-state index contributed by atoms with van der Waals surface area (Å²) in [5.74, 6) is 1.03. The summed E-state index contributed by atoms with van der Waals surface area (Å²) in [6, 6.07) is 7.91. The molecule has 2 aromatic rings. The summed E-state index contributed by atoms with van der Waals surface area (Å²) >= 11 is 0. The summed E-state index contributed by atoms with van der Waals surface area (Å²) in [6.45, 7) is 3.33. The van der Waals surface area contributed by atoms with Gasteiger partial charge in [0, 0.05) is 25.4 Å². The highest BCUT2D eigenvalue weighted by Gasteiger charge is 2.24. The highest BCUT2D eigenvalue weighted by molar-refractivity contribution is 5.94. The zero-order chi connectivity index (χ0) is 14.7. The molecule has 1 aliphatic heterocycles. The third kappa shape index (κ3) is 2.97. The van der Waals surface area contributed by atoms with Gasteiger partial charge in [0.25, 0.3) is 5.91 Å². The first-order chi connectivity index (χ1) is 10.3. The van der Waals surface area contributed by atoms with Crippen molar-refractivity contribution in [2.45, 2.75) is 32.7 Å². The van der Waals surface area contributed by atoms with Crippen LogP contribution in [0.1, 0.15) is 24.2 Å². The van der Waals surface area contributed by atoms with Gasteiger partial charge in [0.1, 0.15) is 5.82 Å². The lowest BCUT2D eigenvalue weighted by atomic mass is 10.0. The largest absolute Gasteiger partial charge is 0.335 e. The van der Waals surface area contributed by atoms with Gasteiger partial charge >= 0.3 is 0 Å². The summed E-state index contributed by atoms with van der Waals surface area (Å²) in [7, 11) is 0. The Kier molecular flexibility index (Phi) is 4.01. The van der Waals surface area contributed by atoms with Crippen LogP contribution < -0.4 is 5.06 Å². The first-order valence-corrected chi connectivity index (χ1v) is 7.27.